The number of hydrogen-bond donors (Lipinski definition) is 2. The van der Waals surface area contributed by atoms with Crippen LogP contribution in [0.15, 0.2) is 65.8 Å². The lowest BCUT2D eigenvalue weighted by Gasteiger charge is -2.61. The molecule has 2 atom stereocenters. The van der Waals surface area contributed by atoms with E-state index in [9.17, 15) is 9.90 Å². The normalized spacial score (nSPS) is 30.2. The van der Waals surface area contributed by atoms with Crippen molar-refractivity contribution in [2.75, 3.05) is 0 Å². The number of fused-ring (bicyclic) bond motifs is 1. The van der Waals surface area contributed by atoms with Crippen LogP contribution in [0.2, 0.25) is 0 Å². The second-order valence-electron chi connectivity index (χ2n) is 10.8. The molecule has 7 rings (SSSR count). The maximum atomic E-state index is 13.6. The highest BCUT2D eigenvalue weighted by atomic mass is 16.3. The number of hydrogen-bond acceptors (Lipinski definition) is 3. The number of aromatic hydroxyl groups is 1. The summed E-state index contributed by atoms with van der Waals surface area (Å²) in [5, 5.41) is 16.7. The summed E-state index contributed by atoms with van der Waals surface area (Å²) in [5.74, 6) is 1.44. The number of aryl methyl sites for hydroxylation is 1. The van der Waals surface area contributed by atoms with Crippen molar-refractivity contribution in [3.8, 4) is 5.75 Å². The van der Waals surface area contributed by atoms with Gasteiger partial charge in [-0.1, -0.05) is 60.2 Å². The van der Waals surface area contributed by atoms with Crippen LogP contribution >= 0.6 is 0 Å². The van der Waals surface area contributed by atoms with E-state index in [1.165, 1.54) is 30.4 Å². The van der Waals surface area contributed by atoms with E-state index >= 15 is 0 Å². The third-order valence-corrected chi connectivity index (χ3v) is 8.51. The number of rotatable bonds is 4. The Kier molecular flexibility index (Phi) is 4.62. The molecule has 4 saturated carbocycles. The van der Waals surface area contributed by atoms with Crippen molar-refractivity contribution < 1.29 is 9.90 Å². The van der Waals surface area contributed by atoms with Gasteiger partial charge in [-0.05, 0) is 85.1 Å². The number of carbonyl (C=O) groups excluding carboxylic acids is 1. The van der Waals surface area contributed by atoms with Crippen LogP contribution in [-0.2, 0) is 10.2 Å². The molecule has 0 saturated heterocycles. The standard InChI is InChI=1S/C29H30N2O2/c1-19-6-9-23(10-7-19)28-13-20-12-21(14-28)16-29(15-20,18-28)27(33)31-30-17-25-24-5-3-2-4-22(24)8-11-26(25)32/h2-11,17,20-21,32H,12-16,18H2,1H3,(H,31,33). The molecule has 2 N–H and O–H groups in total. The minimum Gasteiger partial charge on any atom is -0.507 e. The molecular formula is C29H30N2O2. The first-order chi connectivity index (χ1) is 16.0. The van der Waals surface area contributed by atoms with Gasteiger partial charge in [0.25, 0.3) is 0 Å². The fourth-order valence-electron chi connectivity index (χ4n) is 7.47. The zero-order chi connectivity index (χ0) is 22.6. The Balaban J connectivity index is 1.27. The fourth-order valence-corrected chi connectivity index (χ4v) is 7.47. The van der Waals surface area contributed by atoms with Gasteiger partial charge in [-0.15, -0.1) is 0 Å². The first-order valence-corrected chi connectivity index (χ1v) is 12.1. The highest BCUT2D eigenvalue weighted by molar-refractivity contribution is 6.02. The number of benzene rings is 3. The zero-order valence-corrected chi connectivity index (χ0v) is 19.1. The Bertz CT molecular complexity index is 1250. The minimum absolute atomic E-state index is 0.0454. The Morgan fingerprint density at radius 2 is 1.73 bits per heavy atom. The monoisotopic (exact) mass is 438 g/mol. The predicted molar refractivity (Wildman–Crippen MR) is 131 cm³/mol. The van der Waals surface area contributed by atoms with E-state index in [0.29, 0.717) is 17.4 Å². The molecule has 0 spiro atoms. The van der Waals surface area contributed by atoms with E-state index in [1.807, 2.05) is 30.3 Å². The summed E-state index contributed by atoms with van der Waals surface area (Å²) in [6.07, 6.45) is 8.11. The van der Waals surface area contributed by atoms with E-state index < -0.39 is 0 Å². The molecule has 168 valence electrons. The maximum Gasteiger partial charge on any atom is 0.246 e. The molecule has 4 aliphatic carbocycles. The Hall–Kier alpha value is -3.14. The summed E-state index contributed by atoms with van der Waals surface area (Å²) in [4.78, 5) is 13.6. The first-order valence-electron chi connectivity index (χ1n) is 12.1. The van der Waals surface area contributed by atoms with Gasteiger partial charge in [-0.2, -0.15) is 5.10 Å². The van der Waals surface area contributed by atoms with Crippen molar-refractivity contribution in [3.63, 3.8) is 0 Å². The lowest BCUT2D eigenvalue weighted by Crippen LogP contribution is -2.58. The van der Waals surface area contributed by atoms with Gasteiger partial charge in [-0.3, -0.25) is 4.79 Å². The maximum absolute atomic E-state index is 13.6. The van der Waals surface area contributed by atoms with Gasteiger partial charge < -0.3 is 5.11 Å². The molecular weight excluding hydrogens is 408 g/mol. The Labute approximate surface area is 194 Å². The summed E-state index contributed by atoms with van der Waals surface area (Å²) in [6, 6.07) is 20.4. The van der Waals surface area contributed by atoms with Crippen molar-refractivity contribution in [2.45, 2.75) is 50.9 Å². The van der Waals surface area contributed by atoms with Gasteiger partial charge in [0.2, 0.25) is 5.91 Å². The van der Waals surface area contributed by atoms with Gasteiger partial charge in [0.1, 0.15) is 5.75 Å². The average molecular weight is 439 g/mol. The van der Waals surface area contributed by atoms with Crippen LogP contribution in [0.5, 0.6) is 5.75 Å². The molecule has 0 radical (unpaired) electrons. The lowest BCUT2D eigenvalue weighted by molar-refractivity contribution is -0.149. The highest BCUT2D eigenvalue weighted by Crippen LogP contribution is 2.65. The number of nitrogens with zero attached hydrogens (tertiary/aromatic N) is 1. The quantitative estimate of drug-likeness (QED) is 0.397. The SMILES string of the molecule is Cc1ccc(C23CC4CC(CC(C(=O)NN=Cc5c(O)ccc6ccccc56)(C4)C2)C3)cc1. The average Bonchev–Trinajstić information content (AvgIpc) is 2.80. The third kappa shape index (κ3) is 3.35. The van der Waals surface area contributed by atoms with E-state index in [4.69, 9.17) is 0 Å². The van der Waals surface area contributed by atoms with E-state index in [2.05, 4.69) is 41.7 Å². The number of amides is 1. The molecule has 2 unspecified atom stereocenters. The molecule has 0 heterocycles. The smallest absolute Gasteiger partial charge is 0.246 e. The zero-order valence-electron chi connectivity index (χ0n) is 19.1. The first kappa shape index (κ1) is 20.5. The van der Waals surface area contributed by atoms with Gasteiger partial charge in [0, 0.05) is 5.56 Å². The molecule has 1 amide bonds. The molecule has 0 aliphatic heterocycles. The molecule has 3 aromatic carbocycles. The number of carbonyl (C=O) groups is 1. The van der Waals surface area contributed by atoms with Crippen LogP contribution in [0.1, 0.15) is 55.2 Å². The summed E-state index contributed by atoms with van der Waals surface area (Å²) < 4.78 is 0. The van der Waals surface area contributed by atoms with Crippen molar-refractivity contribution in [3.05, 3.63) is 77.4 Å². The van der Waals surface area contributed by atoms with Gasteiger partial charge in [-0.25, -0.2) is 5.43 Å². The topological polar surface area (TPSA) is 61.7 Å². The van der Waals surface area contributed by atoms with Crippen molar-refractivity contribution >= 4 is 22.9 Å². The van der Waals surface area contributed by atoms with Gasteiger partial charge >= 0.3 is 0 Å². The predicted octanol–water partition coefficient (Wildman–Crippen LogP) is 5.84. The summed E-state index contributed by atoms with van der Waals surface area (Å²) in [7, 11) is 0. The number of phenols is 1. The highest BCUT2D eigenvalue weighted by Gasteiger charge is 2.60. The van der Waals surface area contributed by atoms with Crippen molar-refractivity contribution in [1.82, 2.24) is 5.43 Å². The molecule has 0 aromatic heterocycles. The van der Waals surface area contributed by atoms with Gasteiger partial charge in [0.15, 0.2) is 0 Å². The van der Waals surface area contributed by atoms with E-state index in [0.717, 1.165) is 30.0 Å². The summed E-state index contributed by atoms with van der Waals surface area (Å²) in [5.41, 5.74) is 5.97. The molecule has 4 bridgehead atoms. The van der Waals surface area contributed by atoms with Crippen LogP contribution in [0, 0.1) is 24.2 Å². The second kappa shape index (κ2) is 7.44. The molecule has 4 nitrogen and oxygen atoms in total. The van der Waals surface area contributed by atoms with Crippen LogP contribution in [0.25, 0.3) is 10.8 Å². The Morgan fingerprint density at radius 1 is 1.00 bits per heavy atom. The number of hydrazone groups is 1. The molecule has 4 aliphatic rings. The number of phenolic OH excluding ortho intramolecular Hbond substituents is 1. The molecule has 3 aromatic rings. The second-order valence-corrected chi connectivity index (χ2v) is 10.8. The van der Waals surface area contributed by atoms with Gasteiger partial charge in [0.05, 0.1) is 11.6 Å². The van der Waals surface area contributed by atoms with Crippen molar-refractivity contribution in [1.29, 1.82) is 0 Å². The van der Waals surface area contributed by atoms with Crippen LogP contribution in [0.3, 0.4) is 0 Å². The largest absolute Gasteiger partial charge is 0.507 e. The lowest BCUT2D eigenvalue weighted by atomic mass is 9.42. The van der Waals surface area contributed by atoms with Crippen LogP contribution in [-0.4, -0.2) is 17.2 Å². The summed E-state index contributed by atoms with van der Waals surface area (Å²) >= 11 is 0. The fraction of sp³-hybridized carbons (Fsp3) is 0.379. The third-order valence-electron chi connectivity index (χ3n) is 8.51. The van der Waals surface area contributed by atoms with Crippen molar-refractivity contribution in [2.24, 2.45) is 22.4 Å². The molecule has 4 fully saturated rings. The minimum atomic E-state index is -0.340. The van der Waals surface area contributed by atoms with E-state index in [1.54, 1.807) is 12.3 Å². The van der Waals surface area contributed by atoms with E-state index in [-0.39, 0.29) is 22.5 Å². The van der Waals surface area contributed by atoms with Crippen LogP contribution < -0.4 is 5.43 Å². The molecule has 4 heteroatoms. The van der Waals surface area contributed by atoms with Crippen LogP contribution in [0.4, 0.5) is 0 Å². The molecule has 33 heavy (non-hydrogen) atoms. The Morgan fingerprint density at radius 3 is 2.48 bits per heavy atom. The number of nitrogens with one attached hydrogen (secondary N) is 1. The summed E-state index contributed by atoms with van der Waals surface area (Å²) in [6.45, 7) is 2.13.